The van der Waals surface area contributed by atoms with Gasteiger partial charge in [-0.05, 0) is 19.4 Å². The molecule has 1 aromatic carbocycles. The lowest BCUT2D eigenvalue weighted by Gasteiger charge is -2.02. The van der Waals surface area contributed by atoms with Crippen LogP contribution in [0.5, 0.6) is 0 Å². The summed E-state index contributed by atoms with van der Waals surface area (Å²) in [5, 5.41) is 1.12. The lowest BCUT2D eigenvalue weighted by Crippen LogP contribution is -2.09. The van der Waals surface area contributed by atoms with Crippen molar-refractivity contribution in [2.75, 3.05) is 5.75 Å². The molecule has 6 heteroatoms. The molecule has 0 saturated carbocycles. The second-order valence-corrected chi connectivity index (χ2v) is 7.11. The molecule has 0 aliphatic rings. The van der Waals surface area contributed by atoms with Crippen LogP contribution in [-0.2, 0) is 4.79 Å². The van der Waals surface area contributed by atoms with E-state index in [4.69, 9.17) is 0 Å². The van der Waals surface area contributed by atoms with Gasteiger partial charge in [-0.1, -0.05) is 42.1 Å². The number of hydrogen-bond acceptors (Lipinski definition) is 5. The quantitative estimate of drug-likeness (QED) is 0.586. The molecular formula is C16H14N2O2S2. The first-order chi connectivity index (χ1) is 10.6. The van der Waals surface area contributed by atoms with E-state index in [0.29, 0.717) is 21.1 Å². The maximum absolute atomic E-state index is 12.5. The summed E-state index contributed by atoms with van der Waals surface area (Å²) < 4.78 is 0. The van der Waals surface area contributed by atoms with Crippen molar-refractivity contribution in [1.82, 2.24) is 9.97 Å². The van der Waals surface area contributed by atoms with Crippen molar-refractivity contribution in [3.8, 4) is 11.1 Å². The Labute approximate surface area is 135 Å². The van der Waals surface area contributed by atoms with Crippen molar-refractivity contribution in [3.63, 3.8) is 0 Å². The zero-order valence-electron chi connectivity index (χ0n) is 12.2. The molecule has 0 radical (unpaired) electrons. The Balaban J connectivity index is 2.15. The SMILES string of the molecule is CC(=O)CSc1nc2sc(C)c(-c3ccccc3)c2c(=O)[nH]1. The summed E-state index contributed by atoms with van der Waals surface area (Å²) >= 11 is 2.77. The summed E-state index contributed by atoms with van der Waals surface area (Å²) in [6, 6.07) is 9.85. The maximum Gasteiger partial charge on any atom is 0.260 e. The van der Waals surface area contributed by atoms with Crippen LogP contribution in [0.4, 0.5) is 0 Å². The van der Waals surface area contributed by atoms with E-state index in [9.17, 15) is 9.59 Å². The van der Waals surface area contributed by atoms with E-state index in [1.54, 1.807) is 0 Å². The first kappa shape index (κ1) is 15.0. The highest BCUT2D eigenvalue weighted by molar-refractivity contribution is 7.99. The number of thiophene rings is 1. The van der Waals surface area contributed by atoms with Gasteiger partial charge < -0.3 is 4.98 Å². The summed E-state index contributed by atoms with van der Waals surface area (Å²) in [4.78, 5) is 32.6. The van der Waals surface area contributed by atoms with Gasteiger partial charge in [0, 0.05) is 10.4 Å². The molecule has 0 aliphatic heterocycles. The van der Waals surface area contributed by atoms with Gasteiger partial charge in [0.2, 0.25) is 0 Å². The van der Waals surface area contributed by atoms with E-state index in [0.717, 1.165) is 16.0 Å². The molecule has 0 unspecified atom stereocenters. The number of nitrogens with zero attached hydrogens (tertiary/aromatic N) is 1. The highest BCUT2D eigenvalue weighted by Crippen LogP contribution is 2.35. The van der Waals surface area contributed by atoms with Crippen molar-refractivity contribution in [1.29, 1.82) is 0 Å². The lowest BCUT2D eigenvalue weighted by molar-refractivity contribution is -0.114. The highest BCUT2D eigenvalue weighted by atomic mass is 32.2. The Morgan fingerprint density at radius 3 is 2.73 bits per heavy atom. The van der Waals surface area contributed by atoms with Gasteiger partial charge in [-0.3, -0.25) is 9.59 Å². The van der Waals surface area contributed by atoms with Crippen LogP contribution in [0.2, 0.25) is 0 Å². The van der Waals surface area contributed by atoms with Crippen LogP contribution in [0.25, 0.3) is 21.3 Å². The number of aromatic nitrogens is 2. The number of carbonyl (C=O) groups is 1. The Morgan fingerprint density at radius 1 is 1.32 bits per heavy atom. The first-order valence-corrected chi connectivity index (χ1v) is 8.57. The zero-order chi connectivity index (χ0) is 15.7. The van der Waals surface area contributed by atoms with Crippen LogP contribution >= 0.6 is 23.1 Å². The van der Waals surface area contributed by atoms with Gasteiger partial charge in [0.05, 0.1) is 11.1 Å². The molecule has 3 aromatic rings. The van der Waals surface area contributed by atoms with Gasteiger partial charge in [-0.2, -0.15) is 0 Å². The molecule has 2 heterocycles. The number of carbonyl (C=O) groups excluding carboxylic acids is 1. The van der Waals surface area contributed by atoms with Crippen LogP contribution in [0.1, 0.15) is 11.8 Å². The number of benzene rings is 1. The number of ketones is 1. The number of aromatic amines is 1. The molecule has 0 aliphatic carbocycles. The van der Waals surface area contributed by atoms with Crippen molar-refractivity contribution in [3.05, 3.63) is 45.6 Å². The molecule has 0 saturated heterocycles. The number of nitrogens with one attached hydrogen (secondary N) is 1. The van der Waals surface area contributed by atoms with E-state index in [1.807, 2.05) is 37.3 Å². The monoisotopic (exact) mass is 330 g/mol. The van der Waals surface area contributed by atoms with Crippen molar-refractivity contribution >= 4 is 39.1 Å². The molecule has 0 bridgehead atoms. The molecule has 0 spiro atoms. The van der Waals surface area contributed by atoms with Gasteiger partial charge in [-0.25, -0.2) is 4.98 Å². The predicted octanol–water partition coefficient (Wildman–Crippen LogP) is 3.64. The van der Waals surface area contributed by atoms with Gasteiger partial charge in [0.15, 0.2) is 5.16 Å². The van der Waals surface area contributed by atoms with Crippen LogP contribution in [0.3, 0.4) is 0 Å². The minimum absolute atomic E-state index is 0.0556. The molecule has 0 fully saturated rings. The summed E-state index contributed by atoms with van der Waals surface area (Å²) in [7, 11) is 0. The fourth-order valence-corrected chi connectivity index (χ4v) is 4.05. The third-order valence-corrected chi connectivity index (χ3v) is 5.21. The molecule has 0 atom stereocenters. The maximum atomic E-state index is 12.5. The zero-order valence-corrected chi connectivity index (χ0v) is 13.8. The molecule has 22 heavy (non-hydrogen) atoms. The van der Waals surface area contributed by atoms with Gasteiger partial charge in [-0.15, -0.1) is 11.3 Å². The molecule has 4 nitrogen and oxygen atoms in total. The standard InChI is InChI=1S/C16H14N2O2S2/c1-9(19)8-21-16-17-14(20)13-12(10(2)22-15(13)18-16)11-6-4-3-5-7-11/h3-7H,8H2,1-2H3,(H,17,18,20). The normalized spacial score (nSPS) is 11.0. The molecular weight excluding hydrogens is 316 g/mol. The third kappa shape index (κ3) is 2.84. The van der Waals surface area contributed by atoms with E-state index >= 15 is 0 Å². The highest BCUT2D eigenvalue weighted by Gasteiger charge is 2.16. The lowest BCUT2D eigenvalue weighted by atomic mass is 10.0. The molecule has 112 valence electrons. The first-order valence-electron chi connectivity index (χ1n) is 6.77. The average Bonchev–Trinajstić information content (AvgIpc) is 2.82. The average molecular weight is 330 g/mol. The fraction of sp³-hybridized carbons (Fsp3) is 0.188. The van der Waals surface area contributed by atoms with Crippen molar-refractivity contribution < 1.29 is 4.79 Å². The van der Waals surface area contributed by atoms with E-state index in [2.05, 4.69) is 9.97 Å². The number of rotatable bonds is 4. The number of aryl methyl sites for hydroxylation is 1. The Kier molecular flexibility index (Phi) is 4.13. The number of hydrogen-bond donors (Lipinski definition) is 1. The summed E-state index contributed by atoms with van der Waals surface area (Å²) in [6.07, 6.45) is 0. The number of fused-ring (bicyclic) bond motifs is 1. The van der Waals surface area contributed by atoms with Crippen molar-refractivity contribution in [2.24, 2.45) is 0 Å². The van der Waals surface area contributed by atoms with E-state index < -0.39 is 0 Å². The second kappa shape index (κ2) is 6.06. The van der Waals surface area contributed by atoms with Crippen molar-refractivity contribution in [2.45, 2.75) is 19.0 Å². The van der Waals surface area contributed by atoms with Gasteiger partial charge >= 0.3 is 0 Å². The van der Waals surface area contributed by atoms with E-state index in [-0.39, 0.29) is 11.3 Å². The smallest absolute Gasteiger partial charge is 0.260 e. The molecule has 1 N–H and O–H groups in total. The Bertz CT molecular complexity index is 898. The topological polar surface area (TPSA) is 62.8 Å². The number of Topliss-reactive ketones (excluding diaryl/α,β-unsaturated/α-hetero) is 1. The largest absolute Gasteiger partial charge is 0.301 e. The summed E-state index contributed by atoms with van der Waals surface area (Å²) in [5.41, 5.74) is 1.81. The molecule has 3 rings (SSSR count). The molecule has 2 aromatic heterocycles. The van der Waals surface area contributed by atoms with Crippen LogP contribution in [0, 0.1) is 6.92 Å². The van der Waals surface area contributed by atoms with Gasteiger partial charge in [0.1, 0.15) is 10.6 Å². The van der Waals surface area contributed by atoms with Gasteiger partial charge in [0.25, 0.3) is 5.56 Å². The Hall–Kier alpha value is -1.92. The third-order valence-electron chi connectivity index (χ3n) is 3.19. The minimum atomic E-state index is -0.153. The van der Waals surface area contributed by atoms with Crippen LogP contribution < -0.4 is 5.56 Å². The number of H-pyrrole nitrogens is 1. The minimum Gasteiger partial charge on any atom is -0.301 e. The summed E-state index contributed by atoms with van der Waals surface area (Å²) in [5.74, 6) is 0.365. The molecule has 0 amide bonds. The predicted molar refractivity (Wildman–Crippen MR) is 91.8 cm³/mol. The number of thioether (sulfide) groups is 1. The van der Waals surface area contributed by atoms with Crippen LogP contribution in [-0.4, -0.2) is 21.5 Å². The fourth-order valence-electron chi connectivity index (χ4n) is 2.29. The van der Waals surface area contributed by atoms with E-state index in [1.165, 1.54) is 30.0 Å². The second-order valence-electron chi connectivity index (χ2n) is 4.94. The summed E-state index contributed by atoms with van der Waals surface area (Å²) in [6.45, 7) is 3.52. The van der Waals surface area contributed by atoms with Crippen LogP contribution in [0.15, 0.2) is 40.3 Å². The Morgan fingerprint density at radius 2 is 2.05 bits per heavy atom.